The minimum atomic E-state index is -1.12. The number of benzene rings is 1. The zero-order valence-corrected chi connectivity index (χ0v) is 12.6. The Kier molecular flexibility index (Phi) is 5.32. The van der Waals surface area contributed by atoms with Crippen molar-refractivity contribution in [2.24, 2.45) is 0 Å². The van der Waals surface area contributed by atoms with Crippen LogP contribution in [0.2, 0.25) is 0 Å². The molecular formula is C15H21NO5. The van der Waals surface area contributed by atoms with Crippen LogP contribution in [0.1, 0.15) is 55.3 Å². The monoisotopic (exact) mass is 295 g/mol. The molecule has 0 radical (unpaired) electrons. The fraction of sp³-hybridized carbons (Fsp3) is 0.467. The first-order chi connectivity index (χ1) is 9.61. The molecule has 0 heterocycles. The number of carbonyl (C=O) groups excluding carboxylic acids is 1. The number of aromatic carboxylic acids is 1. The highest BCUT2D eigenvalue weighted by Crippen LogP contribution is 2.23. The van der Waals surface area contributed by atoms with Crippen LogP contribution in [0.15, 0.2) is 18.2 Å². The smallest absolute Gasteiger partial charge is 0.407 e. The summed E-state index contributed by atoms with van der Waals surface area (Å²) in [5.41, 5.74) is 0.241. The number of ether oxygens (including phenoxy) is 1. The molecule has 1 amide bonds. The van der Waals surface area contributed by atoms with Crippen molar-refractivity contribution < 1.29 is 24.5 Å². The second-order valence-electron chi connectivity index (χ2n) is 5.71. The third-order valence-electron chi connectivity index (χ3n) is 2.67. The van der Waals surface area contributed by atoms with Gasteiger partial charge in [0.2, 0.25) is 0 Å². The molecule has 0 aliphatic rings. The number of carbonyl (C=O) groups is 2. The van der Waals surface area contributed by atoms with Gasteiger partial charge in [0.1, 0.15) is 5.60 Å². The van der Waals surface area contributed by atoms with E-state index in [9.17, 15) is 14.7 Å². The number of hydrogen-bond donors (Lipinski definition) is 3. The van der Waals surface area contributed by atoms with Gasteiger partial charge in [-0.3, -0.25) is 0 Å². The number of alkyl carbamates (subject to hydrolysis) is 1. The maximum Gasteiger partial charge on any atom is 0.407 e. The largest absolute Gasteiger partial charge is 0.478 e. The Morgan fingerprint density at radius 3 is 2.43 bits per heavy atom. The van der Waals surface area contributed by atoms with E-state index in [1.165, 1.54) is 13.0 Å². The van der Waals surface area contributed by atoms with E-state index in [1.807, 2.05) is 0 Å². The summed E-state index contributed by atoms with van der Waals surface area (Å²) in [5, 5.41) is 21.5. The van der Waals surface area contributed by atoms with Crippen LogP contribution in [0.3, 0.4) is 0 Å². The van der Waals surface area contributed by atoms with Crippen molar-refractivity contribution in [3.05, 3.63) is 34.9 Å². The summed E-state index contributed by atoms with van der Waals surface area (Å²) in [5.74, 6) is -1.12. The SMILES string of the molecule is CC(O)c1c(CNC(=O)OC(C)(C)C)cccc1C(=O)O. The average Bonchev–Trinajstić information content (AvgIpc) is 2.33. The molecule has 6 heteroatoms. The van der Waals surface area contributed by atoms with Gasteiger partial charge in [-0.15, -0.1) is 0 Å². The van der Waals surface area contributed by atoms with Crippen LogP contribution in [0.5, 0.6) is 0 Å². The lowest BCUT2D eigenvalue weighted by atomic mass is 9.97. The molecule has 116 valence electrons. The quantitative estimate of drug-likeness (QED) is 0.793. The molecule has 0 aliphatic heterocycles. The van der Waals surface area contributed by atoms with Crippen LogP contribution >= 0.6 is 0 Å². The van der Waals surface area contributed by atoms with Gasteiger partial charge in [0.25, 0.3) is 0 Å². The van der Waals surface area contributed by atoms with E-state index in [0.29, 0.717) is 11.1 Å². The van der Waals surface area contributed by atoms with E-state index in [4.69, 9.17) is 9.84 Å². The highest BCUT2D eigenvalue weighted by molar-refractivity contribution is 5.90. The predicted octanol–water partition coefficient (Wildman–Crippen LogP) is 2.46. The number of carboxylic acids is 1. The first-order valence-corrected chi connectivity index (χ1v) is 6.62. The lowest BCUT2D eigenvalue weighted by Gasteiger charge is -2.20. The zero-order valence-electron chi connectivity index (χ0n) is 12.6. The number of carboxylic acid groups (broad SMARTS) is 1. The molecule has 0 aliphatic carbocycles. The molecule has 0 saturated heterocycles. The number of aliphatic hydroxyl groups excluding tert-OH is 1. The maximum atomic E-state index is 11.6. The second kappa shape index (κ2) is 6.58. The Hall–Kier alpha value is -2.08. The second-order valence-corrected chi connectivity index (χ2v) is 5.71. The fourth-order valence-electron chi connectivity index (χ4n) is 1.93. The minimum Gasteiger partial charge on any atom is -0.478 e. The first-order valence-electron chi connectivity index (χ1n) is 6.62. The summed E-state index contributed by atoms with van der Waals surface area (Å²) < 4.78 is 5.11. The molecule has 0 spiro atoms. The zero-order chi connectivity index (χ0) is 16.2. The summed E-state index contributed by atoms with van der Waals surface area (Å²) in [4.78, 5) is 22.8. The minimum absolute atomic E-state index is 0.0217. The van der Waals surface area contributed by atoms with Gasteiger partial charge >= 0.3 is 12.1 Å². The van der Waals surface area contributed by atoms with Gasteiger partial charge in [-0.05, 0) is 44.9 Å². The average molecular weight is 295 g/mol. The third-order valence-corrected chi connectivity index (χ3v) is 2.67. The van der Waals surface area contributed by atoms with E-state index in [1.54, 1.807) is 32.9 Å². The van der Waals surface area contributed by atoms with Crippen LogP contribution in [0, 0.1) is 0 Å². The molecule has 0 fully saturated rings. The number of hydrogen-bond acceptors (Lipinski definition) is 4. The number of aliphatic hydroxyl groups is 1. The maximum absolute atomic E-state index is 11.6. The summed E-state index contributed by atoms with van der Waals surface area (Å²) in [6.07, 6.45) is -1.55. The van der Waals surface area contributed by atoms with Gasteiger partial charge < -0.3 is 20.3 Å². The van der Waals surface area contributed by atoms with E-state index in [0.717, 1.165) is 0 Å². The van der Waals surface area contributed by atoms with Crippen molar-refractivity contribution in [3.63, 3.8) is 0 Å². The lowest BCUT2D eigenvalue weighted by molar-refractivity contribution is 0.0522. The standard InChI is InChI=1S/C15H21NO5/c1-9(17)12-10(6-5-7-11(12)13(18)19)8-16-14(20)21-15(2,3)4/h5-7,9,17H,8H2,1-4H3,(H,16,20)(H,18,19). The Morgan fingerprint density at radius 2 is 1.95 bits per heavy atom. The molecule has 1 aromatic carbocycles. The van der Waals surface area contributed by atoms with Crippen LogP contribution in [-0.2, 0) is 11.3 Å². The molecule has 0 bridgehead atoms. The van der Waals surface area contributed by atoms with Crippen LogP contribution in [0.25, 0.3) is 0 Å². The highest BCUT2D eigenvalue weighted by Gasteiger charge is 2.19. The molecule has 1 unspecified atom stereocenters. The molecule has 6 nitrogen and oxygen atoms in total. The van der Waals surface area contributed by atoms with Gasteiger partial charge in [-0.1, -0.05) is 12.1 Å². The highest BCUT2D eigenvalue weighted by atomic mass is 16.6. The van der Waals surface area contributed by atoms with Crippen molar-refractivity contribution in [2.45, 2.75) is 45.9 Å². The van der Waals surface area contributed by atoms with E-state index in [2.05, 4.69) is 5.32 Å². The Bertz CT molecular complexity index is 531. The van der Waals surface area contributed by atoms with Crippen molar-refractivity contribution in [3.8, 4) is 0 Å². The predicted molar refractivity (Wildman–Crippen MR) is 77.1 cm³/mol. The molecule has 3 N–H and O–H groups in total. The number of rotatable bonds is 4. The van der Waals surface area contributed by atoms with Crippen molar-refractivity contribution in [2.75, 3.05) is 0 Å². The van der Waals surface area contributed by atoms with Gasteiger partial charge in [0, 0.05) is 6.54 Å². The first kappa shape index (κ1) is 17.0. The van der Waals surface area contributed by atoms with Crippen molar-refractivity contribution in [1.82, 2.24) is 5.32 Å². The van der Waals surface area contributed by atoms with Crippen molar-refractivity contribution in [1.29, 1.82) is 0 Å². The van der Waals surface area contributed by atoms with Crippen LogP contribution in [0.4, 0.5) is 4.79 Å². The van der Waals surface area contributed by atoms with E-state index >= 15 is 0 Å². The van der Waals surface area contributed by atoms with Gasteiger partial charge in [0.15, 0.2) is 0 Å². The Balaban J connectivity index is 2.91. The van der Waals surface area contributed by atoms with Gasteiger partial charge in [-0.2, -0.15) is 0 Å². The summed E-state index contributed by atoms with van der Waals surface area (Å²) in [6, 6.07) is 4.65. The third kappa shape index (κ3) is 5.07. The summed E-state index contributed by atoms with van der Waals surface area (Å²) in [6.45, 7) is 6.81. The number of amides is 1. The number of nitrogens with one attached hydrogen (secondary N) is 1. The molecule has 0 saturated carbocycles. The van der Waals surface area contributed by atoms with E-state index in [-0.39, 0.29) is 12.1 Å². The topological polar surface area (TPSA) is 95.9 Å². The van der Waals surface area contributed by atoms with E-state index < -0.39 is 23.8 Å². The van der Waals surface area contributed by atoms with Gasteiger partial charge in [0.05, 0.1) is 11.7 Å². The molecule has 1 rings (SSSR count). The van der Waals surface area contributed by atoms with Gasteiger partial charge in [-0.25, -0.2) is 9.59 Å². The van der Waals surface area contributed by atoms with Crippen LogP contribution < -0.4 is 5.32 Å². The normalized spacial score (nSPS) is 12.6. The molecule has 1 aromatic rings. The lowest BCUT2D eigenvalue weighted by Crippen LogP contribution is -2.32. The fourth-order valence-corrected chi connectivity index (χ4v) is 1.93. The molecule has 21 heavy (non-hydrogen) atoms. The van der Waals surface area contributed by atoms with Crippen LogP contribution in [-0.4, -0.2) is 27.9 Å². The Labute approximate surface area is 123 Å². The summed E-state index contributed by atoms with van der Waals surface area (Å²) in [7, 11) is 0. The van der Waals surface area contributed by atoms with Crippen molar-refractivity contribution >= 4 is 12.1 Å². The molecular weight excluding hydrogens is 274 g/mol. The Morgan fingerprint density at radius 1 is 1.33 bits per heavy atom. The summed E-state index contributed by atoms with van der Waals surface area (Å²) >= 11 is 0. The molecule has 1 atom stereocenters. The molecule has 0 aromatic heterocycles.